The van der Waals surface area contributed by atoms with E-state index in [1.54, 1.807) is 24.5 Å². The first-order valence-corrected chi connectivity index (χ1v) is 11.8. The Morgan fingerprint density at radius 1 is 1.09 bits per heavy atom. The van der Waals surface area contributed by atoms with Gasteiger partial charge in [0.15, 0.2) is 0 Å². The molecule has 0 aliphatic carbocycles. The van der Waals surface area contributed by atoms with E-state index < -0.39 is 0 Å². The highest BCUT2D eigenvalue weighted by Crippen LogP contribution is 2.28. The Kier molecular flexibility index (Phi) is 7.99. The van der Waals surface area contributed by atoms with E-state index in [1.807, 2.05) is 41.3 Å². The number of carbonyl (C=O) groups excluding carboxylic acids is 1. The van der Waals surface area contributed by atoms with E-state index in [0.717, 1.165) is 29.7 Å². The molecule has 172 valence electrons. The summed E-state index contributed by atoms with van der Waals surface area (Å²) in [6.07, 6.45) is 4.16. The van der Waals surface area contributed by atoms with Crippen LogP contribution in [-0.4, -0.2) is 51.5 Å². The van der Waals surface area contributed by atoms with E-state index in [9.17, 15) is 9.90 Å². The van der Waals surface area contributed by atoms with Gasteiger partial charge in [-0.05, 0) is 41.3 Å². The molecule has 3 aromatic rings. The summed E-state index contributed by atoms with van der Waals surface area (Å²) in [7, 11) is 0. The normalized spacial score (nSPS) is 17.1. The van der Waals surface area contributed by atoms with Gasteiger partial charge < -0.3 is 10.0 Å². The van der Waals surface area contributed by atoms with Gasteiger partial charge in [-0.2, -0.15) is 0 Å². The zero-order valence-corrected chi connectivity index (χ0v) is 19.8. The summed E-state index contributed by atoms with van der Waals surface area (Å²) >= 11 is 12.3. The fourth-order valence-electron chi connectivity index (χ4n) is 4.27. The number of pyridine rings is 1. The van der Waals surface area contributed by atoms with Gasteiger partial charge in [0.2, 0.25) is 5.91 Å². The maximum atomic E-state index is 13.7. The predicted octanol–water partition coefficient (Wildman–Crippen LogP) is 4.77. The quantitative estimate of drug-likeness (QED) is 0.501. The van der Waals surface area contributed by atoms with Gasteiger partial charge in [0.05, 0.1) is 28.6 Å². The van der Waals surface area contributed by atoms with E-state index in [0.29, 0.717) is 29.7 Å². The minimum atomic E-state index is -0.319. The topological polar surface area (TPSA) is 56.7 Å². The summed E-state index contributed by atoms with van der Waals surface area (Å²) in [4.78, 5) is 22.1. The van der Waals surface area contributed by atoms with Gasteiger partial charge in [-0.3, -0.25) is 14.7 Å². The Balaban J connectivity index is 1.66. The van der Waals surface area contributed by atoms with Crippen LogP contribution in [0, 0.1) is 0 Å². The van der Waals surface area contributed by atoms with Crippen LogP contribution in [0.4, 0.5) is 0 Å². The van der Waals surface area contributed by atoms with Gasteiger partial charge in [-0.15, -0.1) is 0 Å². The van der Waals surface area contributed by atoms with Gasteiger partial charge in [-0.25, -0.2) is 0 Å². The number of nitrogens with zero attached hydrogens (tertiary/aromatic N) is 3. The number of benzene rings is 2. The number of β-amino-alcohol motifs (C(OH)–C–C–N with tert-alkyl or cyclic N) is 1. The predicted molar refractivity (Wildman–Crippen MR) is 131 cm³/mol. The number of likely N-dealkylation sites (tertiary alicyclic amines) is 1. The van der Waals surface area contributed by atoms with Crippen LogP contribution in [0.25, 0.3) is 0 Å². The van der Waals surface area contributed by atoms with Crippen LogP contribution in [0.5, 0.6) is 0 Å². The minimum absolute atomic E-state index is 0.00848. The average molecular weight is 484 g/mol. The number of aliphatic hydroxyl groups is 1. The third kappa shape index (κ3) is 6.33. The first-order chi connectivity index (χ1) is 16.0. The molecule has 5 nitrogen and oxygen atoms in total. The lowest BCUT2D eigenvalue weighted by Gasteiger charge is -2.35. The van der Waals surface area contributed by atoms with Gasteiger partial charge >= 0.3 is 0 Å². The molecule has 0 bridgehead atoms. The Hall–Kier alpha value is -2.44. The molecule has 2 aromatic carbocycles. The molecule has 1 fully saturated rings. The highest BCUT2D eigenvalue weighted by Gasteiger charge is 2.30. The van der Waals surface area contributed by atoms with E-state index >= 15 is 0 Å². The van der Waals surface area contributed by atoms with Crippen LogP contribution in [0.1, 0.15) is 29.2 Å². The van der Waals surface area contributed by atoms with Crippen LogP contribution >= 0.6 is 23.2 Å². The minimum Gasteiger partial charge on any atom is -0.392 e. The van der Waals surface area contributed by atoms with Crippen molar-refractivity contribution < 1.29 is 9.90 Å². The van der Waals surface area contributed by atoms with Crippen molar-refractivity contribution in [3.05, 3.63) is 99.8 Å². The van der Waals surface area contributed by atoms with Gasteiger partial charge in [-0.1, -0.05) is 65.7 Å². The molecule has 1 N–H and O–H groups in total. The maximum Gasteiger partial charge on any atom is 0.227 e. The Bertz CT molecular complexity index is 1070. The Morgan fingerprint density at radius 3 is 2.58 bits per heavy atom. The standard InChI is InChI=1S/C26H27Cl2N3O2/c27-23-9-8-19(13-24(23)28)14-26(33)31(16-20-5-4-11-29-15-20)25(21-6-2-1-3-7-21)18-30-12-10-22(32)17-30/h1-9,11,13,15,22,25,32H,10,12,14,16-18H2/t22-,25+/m0/s1. The van der Waals surface area contributed by atoms with E-state index in [1.165, 1.54) is 0 Å². The summed E-state index contributed by atoms with van der Waals surface area (Å²) in [5.41, 5.74) is 2.83. The lowest BCUT2D eigenvalue weighted by Crippen LogP contribution is -2.41. The second kappa shape index (κ2) is 11.1. The van der Waals surface area contributed by atoms with Crippen molar-refractivity contribution in [3.63, 3.8) is 0 Å². The summed E-state index contributed by atoms with van der Waals surface area (Å²) in [5, 5.41) is 11.0. The summed E-state index contributed by atoms with van der Waals surface area (Å²) in [5.74, 6) is -0.00848. The molecule has 2 atom stereocenters. The highest BCUT2D eigenvalue weighted by molar-refractivity contribution is 6.42. The molecule has 0 unspecified atom stereocenters. The van der Waals surface area contributed by atoms with Crippen LogP contribution in [0.2, 0.25) is 10.0 Å². The number of aromatic nitrogens is 1. The van der Waals surface area contributed by atoms with Crippen LogP contribution in [-0.2, 0) is 17.8 Å². The second-order valence-corrected chi connectivity index (χ2v) is 9.25. The number of aliphatic hydroxyl groups excluding tert-OH is 1. The number of carbonyl (C=O) groups is 1. The molecular weight excluding hydrogens is 457 g/mol. The smallest absolute Gasteiger partial charge is 0.227 e. The largest absolute Gasteiger partial charge is 0.392 e. The van der Waals surface area contributed by atoms with Crippen molar-refractivity contribution in [2.24, 2.45) is 0 Å². The SMILES string of the molecule is O=C(Cc1ccc(Cl)c(Cl)c1)N(Cc1cccnc1)[C@H](CN1CC[C@H](O)C1)c1ccccc1. The zero-order valence-electron chi connectivity index (χ0n) is 18.3. The molecule has 1 aliphatic rings. The summed E-state index contributed by atoms with van der Waals surface area (Å²) < 4.78 is 0. The van der Waals surface area contributed by atoms with Crippen LogP contribution in [0.15, 0.2) is 73.1 Å². The molecule has 0 spiro atoms. The van der Waals surface area contributed by atoms with Crippen molar-refractivity contribution >= 4 is 29.1 Å². The molecule has 7 heteroatoms. The molecule has 4 rings (SSSR count). The first kappa shape index (κ1) is 23.7. The number of hydrogen-bond donors (Lipinski definition) is 1. The van der Waals surface area contributed by atoms with Crippen LogP contribution < -0.4 is 0 Å². The molecule has 1 saturated heterocycles. The fourth-order valence-corrected chi connectivity index (χ4v) is 4.59. The van der Waals surface area contributed by atoms with Crippen molar-refractivity contribution in [3.8, 4) is 0 Å². The molecule has 1 aliphatic heterocycles. The van der Waals surface area contributed by atoms with Crippen molar-refractivity contribution in [1.29, 1.82) is 0 Å². The molecule has 33 heavy (non-hydrogen) atoms. The fraction of sp³-hybridized carbons (Fsp3) is 0.308. The number of halogens is 2. The van der Waals surface area contributed by atoms with Gasteiger partial charge in [0.1, 0.15) is 0 Å². The van der Waals surface area contributed by atoms with Gasteiger partial charge in [0, 0.05) is 38.6 Å². The number of amides is 1. The zero-order chi connectivity index (χ0) is 23.2. The van der Waals surface area contributed by atoms with Crippen molar-refractivity contribution in [2.75, 3.05) is 19.6 Å². The van der Waals surface area contributed by atoms with E-state index in [4.69, 9.17) is 23.2 Å². The Morgan fingerprint density at radius 2 is 1.91 bits per heavy atom. The third-order valence-corrected chi connectivity index (χ3v) is 6.71. The molecule has 1 amide bonds. The number of rotatable bonds is 8. The Labute approximate surface area is 204 Å². The van der Waals surface area contributed by atoms with Crippen LogP contribution in [0.3, 0.4) is 0 Å². The molecule has 1 aromatic heterocycles. The molecule has 2 heterocycles. The first-order valence-electron chi connectivity index (χ1n) is 11.1. The second-order valence-electron chi connectivity index (χ2n) is 8.44. The highest BCUT2D eigenvalue weighted by atomic mass is 35.5. The molecule has 0 radical (unpaired) electrons. The maximum absolute atomic E-state index is 13.7. The summed E-state index contributed by atoms with van der Waals surface area (Å²) in [6.45, 7) is 2.51. The lowest BCUT2D eigenvalue weighted by atomic mass is 10.0. The average Bonchev–Trinajstić information content (AvgIpc) is 3.24. The summed E-state index contributed by atoms with van der Waals surface area (Å²) in [6, 6.07) is 19.1. The number of hydrogen-bond acceptors (Lipinski definition) is 4. The molecule has 0 saturated carbocycles. The van der Waals surface area contributed by atoms with Crippen molar-refractivity contribution in [1.82, 2.24) is 14.8 Å². The molecular formula is C26H27Cl2N3O2. The van der Waals surface area contributed by atoms with E-state index in [-0.39, 0.29) is 24.5 Å². The third-order valence-electron chi connectivity index (χ3n) is 5.97. The monoisotopic (exact) mass is 483 g/mol. The van der Waals surface area contributed by atoms with Gasteiger partial charge in [0.25, 0.3) is 0 Å². The van der Waals surface area contributed by atoms with E-state index in [2.05, 4.69) is 22.0 Å². The van der Waals surface area contributed by atoms with Crippen molar-refractivity contribution in [2.45, 2.75) is 31.5 Å². The lowest BCUT2D eigenvalue weighted by molar-refractivity contribution is -0.134.